The fourth-order valence-corrected chi connectivity index (χ4v) is 1.88. The lowest BCUT2D eigenvalue weighted by Crippen LogP contribution is -2.03. The van der Waals surface area contributed by atoms with Gasteiger partial charge in [-0.05, 0) is 31.5 Å². The SMILES string of the molecule is Cc1ccc(C(=O)O)c(Oc2c(C#N)c(C)nn2C)c1. The van der Waals surface area contributed by atoms with Crippen molar-refractivity contribution in [2.45, 2.75) is 13.8 Å². The highest BCUT2D eigenvalue weighted by atomic mass is 16.5. The van der Waals surface area contributed by atoms with Gasteiger partial charge in [0.2, 0.25) is 5.88 Å². The van der Waals surface area contributed by atoms with E-state index in [2.05, 4.69) is 5.10 Å². The first-order valence-electron chi connectivity index (χ1n) is 5.89. The van der Waals surface area contributed by atoms with Crippen molar-refractivity contribution in [1.29, 1.82) is 5.26 Å². The summed E-state index contributed by atoms with van der Waals surface area (Å²) < 4.78 is 7.04. The molecule has 6 nitrogen and oxygen atoms in total. The Morgan fingerprint density at radius 2 is 2.15 bits per heavy atom. The Labute approximate surface area is 115 Å². The molecule has 0 aliphatic rings. The molecule has 0 aliphatic heterocycles. The minimum absolute atomic E-state index is 0.0401. The van der Waals surface area contributed by atoms with E-state index in [1.165, 1.54) is 10.7 Å². The van der Waals surface area contributed by atoms with Crippen LogP contribution in [-0.4, -0.2) is 20.9 Å². The standard InChI is InChI=1S/C14H13N3O3/c1-8-4-5-10(14(18)19)12(6-8)20-13-11(7-15)9(2)16-17(13)3/h4-6H,1-3H3,(H,18,19). The number of ether oxygens (including phenoxy) is 1. The van der Waals surface area contributed by atoms with Crippen molar-refractivity contribution in [2.24, 2.45) is 7.05 Å². The fourth-order valence-electron chi connectivity index (χ4n) is 1.88. The molecular formula is C14H13N3O3. The van der Waals surface area contributed by atoms with Crippen LogP contribution in [0.4, 0.5) is 0 Å². The van der Waals surface area contributed by atoms with E-state index in [1.54, 1.807) is 26.1 Å². The summed E-state index contributed by atoms with van der Waals surface area (Å²) in [6, 6.07) is 6.80. The van der Waals surface area contributed by atoms with Gasteiger partial charge in [0.1, 0.15) is 22.9 Å². The zero-order chi connectivity index (χ0) is 14.9. The molecule has 0 spiro atoms. The number of aromatic carboxylic acids is 1. The van der Waals surface area contributed by atoms with Crippen LogP contribution in [0.15, 0.2) is 18.2 Å². The number of aromatic nitrogens is 2. The summed E-state index contributed by atoms with van der Waals surface area (Å²) in [4.78, 5) is 11.2. The first-order valence-corrected chi connectivity index (χ1v) is 5.89. The first-order chi connectivity index (χ1) is 9.43. The minimum atomic E-state index is -1.09. The predicted molar refractivity (Wildman–Crippen MR) is 70.9 cm³/mol. The number of carbonyl (C=O) groups is 1. The highest BCUT2D eigenvalue weighted by molar-refractivity contribution is 5.91. The van der Waals surface area contributed by atoms with Gasteiger partial charge in [-0.1, -0.05) is 6.07 Å². The Bertz CT molecular complexity index is 726. The topological polar surface area (TPSA) is 88.1 Å². The molecule has 0 fully saturated rings. The predicted octanol–water partition coefficient (Wildman–Crippen LogP) is 2.40. The number of hydrogen-bond acceptors (Lipinski definition) is 4. The molecule has 0 saturated heterocycles. The van der Waals surface area contributed by atoms with Gasteiger partial charge in [0.25, 0.3) is 0 Å². The van der Waals surface area contributed by atoms with E-state index in [4.69, 9.17) is 15.1 Å². The molecule has 0 unspecified atom stereocenters. The maximum Gasteiger partial charge on any atom is 0.339 e. The molecule has 0 bridgehead atoms. The van der Waals surface area contributed by atoms with Crippen molar-refractivity contribution >= 4 is 5.97 Å². The second-order valence-corrected chi connectivity index (χ2v) is 4.41. The van der Waals surface area contributed by atoms with Crippen LogP contribution in [0, 0.1) is 25.2 Å². The van der Waals surface area contributed by atoms with E-state index in [0.29, 0.717) is 11.3 Å². The molecule has 0 atom stereocenters. The van der Waals surface area contributed by atoms with Gasteiger partial charge in [-0.3, -0.25) is 0 Å². The van der Waals surface area contributed by atoms with Crippen LogP contribution in [-0.2, 0) is 7.05 Å². The maximum absolute atomic E-state index is 11.2. The van der Waals surface area contributed by atoms with E-state index < -0.39 is 5.97 Å². The molecule has 0 saturated carbocycles. The van der Waals surface area contributed by atoms with Gasteiger partial charge in [0.15, 0.2) is 0 Å². The molecule has 6 heteroatoms. The Balaban J connectivity index is 2.53. The molecule has 20 heavy (non-hydrogen) atoms. The van der Waals surface area contributed by atoms with E-state index in [0.717, 1.165) is 5.56 Å². The second kappa shape index (κ2) is 5.05. The number of carboxylic acids is 1. The lowest BCUT2D eigenvalue weighted by molar-refractivity contribution is 0.0694. The molecule has 2 aromatic rings. The Morgan fingerprint density at radius 3 is 2.75 bits per heavy atom. The van der Waals surface area contributed by atoms with Gasteiger partial charge < -0.3 is 9.84 Å². The average molecular weight is 271 g/mol. The summed E-state index contributed by atoms with van der Waals surface area (Å²) in [5, 5.41) is 22.4. The van der Waals surface area contributed by atoms with Crippen LogP contribution in [0.1, 0.15) is 27.2 Å². The van der Waals surface area contributed by atoms with Gasteiger partial charge in [0.05, 0.1) is 5.69 Å². The summed E-state index contributed by atoms with van der Waals surface area (Å²) in [6.45, 7) is 3.53. The Morgan fingerprint density at radius 1 is 1.45 bits per heavy atom. The summed E-state index contributed by atoms with van der Waals surface area (Å²) in [6.07, 6.45) is 0. The van der Waals surface area contributed by atoms with Crippen LogP contribution in [0.25, 0.3) is 0 Å². The quantitative estimate of drug-likeness (QED) is 0.926. The third kappa shape index (κ3) is 2.34. The van der Waals surface area contributed by atoms with Gasteiger partial charge in [-0.25, -0.2) is 9.48 Å². The van der Waals surface area contributed by atoms with E-state index in [1.807, 2.05) is 13.0 Å². The highest BCUT2D eigenvalue weighted by Gasteiger charge is 2.18. The van der Waals surface area contributed by atoms with Crippen molar-refractivity contribution in [3.05, 3.63) is 40.6 Å². The maximum atomic E-state index is 11.2. The van der Waals surface area contributed by atoms with E-state index >= 15 is 0 Å². The molecule has 1 heterocycles. The number of rotatable bonds is 3. The van der Waals surface area contributed by atoms with E-state index in [-0.39, 0.29) is 17.2 Å². The molecule has 0 radical (unpaired) electrons. The number of hydrogen-bond donors (Lipinski definition) is 1. The average Bonchev–Trinajstić information content (AvgIpc) is 2.63. The molecule has 0 aliphatic carbocycles. The smallest absolute Gasteiger partial charge is 0.339 e. The number of nitriles is 1. The molecule has 1 N–H and O–H groups in total. The monoisotopic (exact) mass is 271 g/mol. The van der Waals surface area contributed by atoms with E-state index in [9.17, 15) is 4.79 Å². The van der Waals surface area contributed by atoms with Crippen molar-refractivity contribution in [1.82, 2.24) is 9.78 Å². The second-order valence-electron chi connectivity index (χ2n) is 4.41. The van der Waals surface area contributed by atoms with Gasteiger partial charge in [-0.2, -0.15) is 10.4 Å². The number of benzene rings is 1. The van der Waals surface area contributed by atoms with Crippen LogP contribution >= 0.6 is 0 Å². The zero-order valence-corrected chi connectivity index (χ0v) is 11.3. The molecule has 1 aromatic carbocycles. The van der Waals surface area contributed by atoms with Crippen molar-refractivity contribution < 1.29 is 14.6 Å². The Hall–Kier alpha value is -2.81. The number of nitrogens with zero attached hydrogens (tertiary/aromatic N) is 3. The Kier molecular flexibility index (Phi) is 3.44. The van der Waals surface area contributed by atoms with Gasteiger partial charge in [-0.15, -0.1) is 0 Å². The number of aryl methyl sites for hydroxylation is 3. The van der Waals surface area contributed by atoms with Crippen molar-refractivity contribution in [2.75, 3.05) is 0 Å². The lowest BCUT2D eigenvalue weighted by atomic mass is 10.1. The normalized spacial score (nSPS) is 10.1. The van der Waals surface area contributed by atoms with Crippen LogP contribution in [0.3, 0.4) is 0 Å². The summed E-state index contributed by atoms with van der Waals surface area (Å²) in [5.74, 6) is -0.660. The van der Waals surface area contributed by atoms with Crippen LogP contribution in [0.5, 0.6) is 11.6 Å². The van der Waals surface area contributed by atoms with Crippen LogP contribution < -0.4 is 4.74 Å². The fraction of sp³-hybridized carbons (Fsp3) is 0.214. The summed E-state index contributed by atoms with van der Waals surface area (Å²) in [7, 11) is 1.64. The zero-order valence-electron chi connectivity index (χ0n) is 11.3. The van der Waals surface area contributed by atoms with Crippen molar-refractivity contribution in [3.63, 3.8) is 0 Å². The third-order valence-electron chi connectivity index (χ3n) is 2.86. The minimum Gasteiger partial charge on any atom is -0.478 e. The summed E-state index contributed by atoms with van der Waals surface area (Å²) in [5.41, 5.74) is 1.74. The lowest BCUT2D eigenvalue weighted by Gasteiger charge is -2.09. The molecular weight excluding hydrogens is 258 g/mol. The molecule has 1 aromatic heterocycles. The van der Waals surface area contributed by atoms with Gasteiger partial charge in [0, 0.05) is 7.05 Å². The first kappa shape index (κ1) is 13.6. The van der Waals surface area contributed by atoms with Crippen molar-refractivity contribution in [3.8, 4) is 17.7 Å². The summed E-state index contributed by atoms with van der Waals surface area (Å²) >= 11 is 0. The van der Waals surface area contributed by atoms with Gasteiger partial charge >= 0.3 is 5.97 Å². The molecule has 102 valence electrons. The molecule has 0 amide bonds. The molecule has 2 rings (SSSR count). The largest absolute Gasteiger partial charge is 0.478 e. The third-order valence-corrected chi connectivity index (χ3v) is 2.86. The highest BCUT2D eigenvalue weighted by Crippen LogP contribution is 2.29. The number of carboxylic acid groups (broad SMARTS) is 1. The van der Waals surface area contributed by atoms with Crippen LogP contribution in [0.2, 0.25) is 0 Å².